The van der Waals surface area contributed by atoms with Gasteiger partial charge < -0.3 is 14.4 Å². The molecular formula is C44H43IrN3O-2. The van der Waals surface area contributed by atoms with E-state index in [0.717, 1.165) is 22.2 Å². The number of hydrogen-bond acceptors (Lipinski definition) is 4. The first-order valence-electron chi connectivity index (χ1n) is 19.4. The molecule has 5 heteroatoms. The van der Waals surface area contributed by atoms with E-state index in [4.69, 9.17) is 11.3 Å². The van der Waals surface area contributed by atoms with Crippen LogP contribution < -0.4 is 0 Å². The Morgan fingerprint density at radius 3 is 2.29 bits per heavy atom. The zero-order valence-electron chi connectivity index (χ0n) is 35.5. The second-order valence-electron chi connectivity index (χ2n) is 13.4. The SMILES string of the molecule is Cc1ccc(-c2[c-]cccc2)nc1.[2H]C([2H])([2H])c1ccc2c(n1)oc1c(-c3cc(C([2H])([2H])C(C)(C)c4ccc(C([2H])([2H])C(C)(C)C)cc4)ccn3)[c-]ccc12.[Ir]. The van der Waals surface area contributed by atoms with Crippen molar-refractivity contribution in [2.75, 3.05) is 0 Å². The molecule has 4 heterocycles. The second-order valence-corrected chi connectivity index (χ2v) is 13.4. The monoisotopic (exact) mass is 829 g/mol. The molecule has 0 spiro atoms. The maximum Gasteiger partial charge on any atom is 0.216 e. The van der Waals surface area contributed by atoms with Gasteiger partial charge in [0.25, 0.3) is 0 Å². The summed E-state index contributed by atoms with van der Waals surface area (Å²) in [4.78, 5) is 13.1. The Morgan fingerprint density at radius 1 is 0.776 bits per heavy atom. The standard InChI is InChI=1S/C32H33N2O.C12H10N.Ir/c1-21-10-15-26-25-8-7-9-27(29(25)35-30(26)34-21)28-18-23(16-17-33-28)20-32(5,6)24-13-11-22(12-14-24)19-31(2,3)4;1-10-7-8-12(13-9-10)11-5-3-2-4-6-11;/h7-8,10-18H,19-20H2,1-6H3;2-5,7-9H,1H3;/q2*-1;/i1D3,19D2,20D2;;. The Balaban J connectivity index is 0.000000361. The Morgan fingerprint density at radius 2 is 1.59 bits per heavy atom. The number of fused-ring (bicyclic) bond motifs is 3. The first-order valence-corrected chi connectivity index (χ1v) is 15.9. The van der Waals surface area contributed by atoms with Crippen LogP contribution in [0.15, 0.2) is 114 Å². The zero-order valence-corrected chi connectivity index (χ0v) is 30.9. The van der Waals surface area contributed by atoms with Crippen molar-refractivity contribution in [3.05, 3.63) is 150 Å². The van der Waals surface area contributed by atoms with Gasteiger partial charge in [-0.3, -0.25) is 0 Å². The third-order valence-electron chi connectivity index (χ3n) is 7.79. The van der Waals surface area contributed by atoms with E-state index in [1.54, 1.807) is 42.6 Å². The fraction of sp³-hybridized carbons (Fsp3) is 0.250. The maximum absolute atomic E-state index is 9.24. The van der Waals surface area contributed by atoms with Crippen LogP contribution in [0, 0.1) is 31.3 Å². The van der Waals surface area contributed by atoms with Crippen LogP contribution in [-0.2, 0) is 38.3 Å². The molecule has 0 fully saturated rings. The second kappa shape index (κ2) is 15.0. The molecule has 0 aliphatic carbocycles. The van der Waals surface area contributed by atoms with Gasteiger partial charge in [0.1, 0.15) is 0 Å². The summed E-state index contributed by atoms with van der Waals surface area (Å²) in [6, 6.07) is 35.4. The van der Waals surface area contributed by atoms with Crippen LogP contribution in [0.5, 0.6) is 0 Å². The molecule has 0 amide bonds. The summed E-state index contributed by atoms with van der Waals surface area (Å²) in [5.41, 5.74) is 4.89. The van der Waals surface area contributed by atoms with E-state index in [1.807, 2.05) is 96.3 Å². The minimum Gasteiger partial charge on any atom is -0.486 e. The van der Waals surface area contributed by atoms with Crippen molar-refractivity contribution in [2.24, 2.45) is 5.41 Å². The van der Waals surface area contributed by atoms with Crippen LogP contribution in [0.4, 0.5) is 0 Å². The van der Waals surface area contributed by atoms with Gasteiger partial charge in [0.05, 0.1) is 5.58 Å². The van der Waals surface area contributed by atoms with Crippen LogP contribution in [0.2, 0.25) is 0 Å². The van der Waals surface area contributed by atoms with Gasteiger partial charge in [-0.1, -0.05) is 93.6 Å². The van der Waals surface area contributed by atoms with Crippen molar-refractivity contribution < 1.29 is 34.1 Å². The molecule has 3 aromatic carbocycles. The van der Waals surface area contributed by atoms with Gasteiger partial charge in [-0.15, -0.1) is 54.1 Å². The van der Waals surface area contributed by atoms with Crippen LogP contribution >= 0.6 is 0 Å². The molecule has 0 aliphatic rings. The van der Waals surface area contributed by atoms with Crippen LogP contribution in [0.25, 0.3) is 44.6 Å². The summed E-state index contributed by atoms with van der Waals surface area (Å²) in [6.07, 6.45) is 0.0376. The minimum absolute atomic E-state index is 0. The van der Waals surface area contributed by atoms with E-state index >= 15 is 0 Å². The largest absolute Gasteiger partial charge is 0.486 e. The van der Waals surface area contributed by atoms with Crippen molar-refractivity contribution in [3.63, 3.8) is 0 Å². The summed E-state index contributed by atoms with van der Waals surface area (Å²) in [5, 5.41) is 1.40. The maximum atomic E-state index is 9.24. The minimum atomic E-state index is -2.37. The molecule has 4 aromatic heterocycles. The van der Waals surface area contributed by atoms with Crippen molar-refractivity contribution >= 4 is 22.1 Å². The molecule has 1 radical (unpaired) electrons. The first-order chi connectivity index (χ1) is 25.7. The normalized spacial score (nSPS) is 14.5. The number of aryl methyl sites for hydroxylation is 2. The third-order valence-corrected chi connectivity index (χ3v) is 7.79. The Hall–Kier alpha value is -4.44. The summed E-state index contributed by atoms with van der Waals surface area (Å²) in [6.45, 7) is 8.91. The number of rotatable bonds is 6. The number of benzene rings is 3. The Kier molecular flexibility index (Phi) is 8.38. The molecule has 0 saturated carbocycles. The van der Waals surface area contributed by atoms with Crippen LogP contribution in [0.1, 0.15) is 72.2 Å². The predicted octanol–water partition coefficient (Wildman–Crippen LogP) is 11.1. The summed E-state index contributed by atoms with van der Waals surface area (Å²) >= 11 is 0. The third kappa shape index (κ3) is 8.78. The molecule has 0 bridgehead atoms. The van der Waals surface area contributed by atoms with Gasteiger partial charge in [0.15, 0.2) is 0 Å². The smallest absolute Gasteiger partial charge is 0.216 e. The number of pyridine rings is 3. The molecule has 7 aromatic rings. The van der Waals surface area contributed by atoms with Gasteiger partial charge >= 0.3 is 0 Å². The van der Waals surface area contributed by atoms with Gasteiger partial charge in [-0.2, -0.15) is 0 Å². The number of nitrogens with zero attached hydrogens (tertiary/aromatic N) is 3. The average Bonchev–Trinajstić information content (AvgIpc) is 3.53. The van der Waals surface area contributed by atoms with E-state index in [2.05, 4.69) is 33.2 Å². The zero-order chi connectivity index (χ0) is 40.0. The molecule has 0 aliphatic heterocycles. The van der Waals surface area contributed by atoms with Gasteiger partial charge in [0, 0.05) is 53.2 Å². The van der Waals surface area contributed by atoms with Crippen molar-refractivity contribution in [1.29, 1.82) is 0 Å². The Labute approximate surface area is 314 Å². The molecule has 251 valence electrons. The molecule has 0 unspecified atom stereocenters. The molecule has 7 rings (SSSR count). The van der Waals surface area contributed by atoms with Crippen LogP contribution in [0.3, 0.4) is 0 Å². The summed E-state index contributed by atoms with van der Waals surface area (Å²) < 4.78 is 64.7. The quantitative estimate of drug-likeness (QED) is 0.157. The topological polar surface area (TPSA) is 51.8 Å². The van der Waals surface area contributed by atoms with Crippen molar-refractivity contribution in [2.45, 2.75) is 66.6 Å². The van der Waals surface area contributed by atoms with E-state index in [-0.39, 0.29) is 31.5 Å². The molecule has 49 heavy (non-hydrogen) atoms. The van der Waals surface area contributed by atoms with Gasteiger partial charge in [-0.25, -0.2) is 4.98 Å². The average molecular weight is 829 g/mol. The number of furan rings is 1. The Bertz CT molecular complexity index is 2440. The summed E-state index contributed by atoms with van der Waals surface area (Å²) in [5.74, 6) is 0. The predicted molar refractivity (Wildman–Crippen MR) is 198 cm³/mol. The van der Waals surface area contributed by atoms with Crippen molar-refractivity contribution in [3.8, 4) is 22.5 Å². The molecular weight excluding hydrogens is 779 g/mol. The van der Waals surface area contributed by atoms with E-state index in [0.29, 0.717) is 33.4 Å². The van der Waals surface area contributed by atoms with Crippen molar-refractivity contribution in [1.82, 2.24) is 15.0 Å². The van der Waals surface area contributed by atoms with Crippen LogP contribution in [-0.4, -0.2) is 15.0 Å². The molecule has 0 N–H and O–H groups in total. The molecule has 0 atom stereocenters. The molecule has 4 nitrogen and oxygen atoms in total. The van der Waals surface area contributed by atoms with E-state index < -0.39 is 30.4 Å². The van der Waals surface area contributed by atoms with Gasteiger partial charge in [-0.05, 0) is 83.6 Å². The number of hydrogen-bond donors (Lipinski definition) is 0. The molecule has 0 saturated heterocycles. The van der Waals surface area contributed by atoms with E-state index in [9.17, 15) is 2.74 Å². The summed E-state index contributed by atoms with van der Waals surface area (Å²) in [7, 11) is 0. The van der Waals surface area contributed by atoms with Gasteiger partial charge in [0.2, 0.25) is 5.71 Å². The number of aromatic nitrogens is 3. The van der Waals surface area contributed by atoms with E-state index in [1.165, 1.54) is 11.6 Å². The fourth-order valence-electron chi connectivity index (χ4n) is 5.47. The first kappa shape index (κ1) is 27.4. The fourth-order valence-corrected chi connectivity index (χ4v) is 5.47.